The monoisotopic (exact) mass is 227 g/mol. The molecule has 7 heteroatoms. The van der Waals surface area contributed by atoms with Crippen molar-refractivity contribution in [3.05, 3.63) is 18.3 Å². The van der Waals surface area contributed by atoms with Gasteiger partial charge in [-0.05, 0) is 12.1 Å². The van der Waals surface area contributed by atoms with Gasteiger partial charge in [-0.1, -0.05) is 0 Å². The number of carboxylic acids is 1. The van der Waals surface area contributed by atoms with Crippen LogP contribution in [0.5, 0.6) is 0 Å². The van der Waals surface area contributed by atoms with E-state index in [0.29, 0.717) is 5.82 Å². The number of aliphatic carboxylic acids is 1. The van der Waals surface area contributed by atoms with Gasteiger partial charge in [-0.2, -0.15) is 5.10 Å². The van der Waals surface area contributed by atoms with E-state index in [9.17, 15) is 9.59 Å². The molecule has 1 rings (SSSR count). The molecule has 0 bridgehead atoms. The molecule has 80 valence electrons. The summed E-state index contributed by atoms with van der Waals surface area (Å²) in [5, 5.41) is 18.1. The van der Waals surface area contributed by atoms with E-state index in [2.05, 4.69) is 15.5 Å². The van der Waals surface area contributed by atoms with Crippen molar-refractivity contribution >= 4 is 29.5 Å². The van der Waals surface area contributed by atoms with Gasteiger partial charge in [0.1, 0.15) is 0 Å². The molecule has 1 amide bonds. The Morgan fingerprint density at radius 2 is 2.27 bits per heavy atom. The number of anilines is 1. The minimum absolute atomic E-state index is 0.0862. The maximum Gasteiger partial charge on any atom is 0.313 e. The van der Waals surface area contributed by atoms with Crippen molar-refractivity contribution in [2.24, 2.45) is 0 Å². The van der Waals surface area contributed by atoms with Gasteiger partial charge in [0.2, 0.25) is 5.91 Å². The molecule has 0 saturated heterocycles. The molecule has 0 spiro atoms. The first kappa shape index (κ1) is 11.4. The number of thioether (sulfide) groups is 1. The predicted molar refractivity (Wildman–Crippen MR) is 55.6 cm³/mol. The lowest BCUT2D eigenvalue weighted by Gasteiger charge is -2.01. The van der Waals surface area contributed by atoms with Crippen LogP contribution < -0.4 is 5.32 Å². The lowest BCUT2D eigenvalue weighted by atomic mass is 10.5. The first-order valence-corrected chi connectivity index (χ1v) is 5.21. The molecule has 0 atom stereocenters. The summed E-state index contributed by atoms with van der Waals surface area (Å²) in [5.74, 6) is -0.871. The lowest BCUT2D eigenvalue weighted by Crippen LogP contribution is -2.16. The quantitative estimate of drug-likeness (QED) is 0.748. The van der Waals surface area contributed by atoms with Gasteiger partial charge >= 0.3 is 5.97 Å². The molecule has 0 aromatic carbocycles. The van der Waals surface area contributed by atoms with Gasteiger partial charge in [-0.25, -0.2) is 0 Å². The van der Waals surface area contributed by atoms with Crippen LogP contribution in [-0.2, 0) is 9.59 Å². The molecule has 0 unspecified atom stereocenters. The molecule has 0 aliphatic heterocycles. The number of carboxylic acid groups (broad SMARTS) is 1. The highest BCUT2D eigenvalue weighted by molar-refractivity contribution is 8.00. The van der Waals surface area contributed by atoms with Gasteiger partial charge in [-0.15, -0.1) is 16.9 Å². The second-order valence-electron chi connectivity index (χ2n) is 2.54. The van der Waals surface area contributed by atoms with Gasteiger partial charge in [0.05, 0.1) is 11.5 Å². The predicted octanol–water partition coefficient (Wildman–Crippen LogP) is 0.233. The van der Waals surface area contributed by atoms with Crippen LogP contribution in [0.25, 0.3) is 0 Å². The Kier molecular flexibility index (Phi) is 4.55. The molecule has 0 aliphatic carbocycles. The van der Waals surface area contributed by atoms with E-state index >= 15 is 0 Å². The van der Waals surface area contributed by atoms with E-state index in [4.69, 9.17) is 5.11 Å². The summed E-state index contributed by atoms with van der Waals surface area (Å²) in [4.78, 5) is 21.4. The fourth-order valence-corrected chi connectivity index (χ4v) is 1.31. The highest BCUT2D eigenvalue weighted by atomic mass is 32.2. The average Bonchev–Trinajstić information content (AvgIpc) is 2.18. The van der Waals surface area contributed by atoms with Gasteiger partial charge < -0.3 is 10.4 Å². The topological polar surface area (TPSA) is 92.2 Å². The molecule has 0 radical (unpaired) electrons. The largest absolute Gasteiger partial charge is 0.481 e. The maximum absolute atomic E-state index is 11.2. The highest BCUT2D eigenvalue weighted by Gasteiger charge is 2.04. The second kappa shape index (κ2) is 5.97. The van der Waals surface area contributed by atoms with Crippen LogP contribution in [0.1, 0.15) is 0 Å². The molecule has 0 aliphatic rings. The Hall–Kier alpha value is -1.63. The van der Waals surface area contributed by atoms with Crippen molar-refractivity contribution in [3.8, 4) is 0 Å². The summed E-state index contributed by atoms with van der Waals surface area (Å²) in [7, 11) is 0. The number of carbonyl (C=O) groups is 2. The van der Waals surface area contributed by atoms with Crippen molar-refractivity contribution in [2.45, 2.75) is 0 Å². The Bertz CT molecular complexity index is 344. The van der Waals surface area contributed by atoms with Gasteiger partial charge in [0, 0.05) is 6.20 Å². The van der Waals surface area contributed by atoms with Crippen LogP contribution in [0.4, 0.5) is 5.82 Å². The summed E-state index contributed by atoms with van der Waals surface area (Å²) < 4.78 is 0. The molecular formula is C8H9N3O3S. The normalized spacial score (nSPS) is 9.60. The van der Waals surface area contributed by atoms with E-state index in [1.807, 2.05) is 0 Å². The summed E-state index contributed by atoms with van der Waals surface area (Å²) in [6.07, 6.45) is 1.49. The zero-order chi connectivity index (χ0) is 11.1. The first-order chi connectivity index (χ1) is 7.18. The molecule has 0 saturated carbocycles. The fourth-order valence-electron chi connectivity index (χ4n) is 0.778. The van der Waals surface area contributed by atoms with Crippen LogP contribution in [-0.4, -0.2) is 38.7 Å². The number of nitrogens with zero attached hydrogens (tertiary/aromatic N) is 2. The minimum atomic E-state index is -0.938. The van der Waals surface area contributed by atoms with Gasteiger partial charge in [-0.3, -0.25) is 9.59 Å². The van der Waals surface area contributed by atoms with Gasteiger partial charge in [0.15, 0.2) is 5.82 Å². The molecule has 15 heavy (non-hydrogen) atoms. The second-order valence-corrected chi connectivity index (χ2v) is 3.53. The maximum atomic E-state index is 11.2. The Morgan fingerprint density at radius 3 is 2.87 bits per heavy atom. The van der Waals surface area contributed by atoms with E-state index in [1.165, 1.54) is 6.20 Å². The number of hydrogen-bond acceptors (Lipinski definition) is 5. The van der Waals surface area contributed by atoms with Crippen molar-refractivity contribution in [2.75, 3.05) is 16.8 Å². The number of nitrogens with one attached hydrogen (secondary N) is 1. The molecule has 2 N–H and O–H groups in total. The zero-order valence-corrected chi connectivity index (χ0v) is 8.53. The molecule has 1 aromatic heterocycles. The summed E-state index contributed by atoms with van der Waals surface area (Å²) in [6, 6.07) is 3.25. The Balaban J connectivity index is 2.28. The number of aromatic nitrogens is 2. The van der Waals surface area contributed by atoms with E-state index in [0.717, 1.165) is 11.8 Å². The molecule has 6 nitrogen and oxygen atoms in total. The summed E-state index contributed by atoms with van der Waals surface area (Å²) in [6.45, 7) is 0. The third-order valence-corrected chi connectivity index (χ3v) is 2.22. The third-order valence-electron chi connectivity index (χ3n) is 1.30. The van der Waals surface area contributed by atoms with Crippen molar-refractivity contribution in [3.63, 3.8) is 0 Å². The molecular weight excluding hydrogens is 218 g/mol. The van der Waals surface area contributed by atoms with Crippen LogP contribution in [0.3, 0.4) is 0 Å². The Morgan fingerprint density at radius 1 is 1.47 bits per heavy atom. The lowest BCUT2D eigenvalue weighted by molar-refractivity contribution is -0.133. The Labute approximate surface area is 90.1 Å². The zero-order valence-electron chi connectivity index (χ0n) is 7.71. The van der Waals surface area contributed by atoms with E-state index in [-0.39, 0.29) is 17.4 Å². The highest BCUT2D eigenvalue weighted by Crippen LogP contribution is 2.02. The van der Waals surface area contributed by atoms with Crippen molar-refractivity contribution < 1.29 is 14.7 Å². The first-order valence-electron chi connectivity index (χ1n) is 4.05. The number of rotatable bonds is 5. The number of carbonyl (C=O) groups excluding carboxylic acids is 1. The van der Waals surface area contributed by atoms with Crippen LogP contribution >= 0.6 is 11.8 Å². The molecule has 1 heterocycles. The minimum Gasteiger partial charge on any atom is -0.481 e. The van der Waals surface area contributed by atoms with Crippen LogP contribution in [0, 0.1) is 0 Å². The summed E-state index contributed by atoms with van der Waals surface area (Å²) >= 11 is 1.03. The van der Waals surface area contributed by atoms with Crippen LogP contribution in [0.2, 0.25) is 0 Å². The van der Waals surface area contributed by atoms with E-state index < -0.39 is 5.97 Å². The van der Waals surface area contributed by atoms with Crippen LogP contribution in [0.15, 0.2) is 18.3 Å². The number of amides is 1. The smallest absolute Gasteiger partial charge is 0.313 e. The van der Waals surface area contributed by atoms with Crippen molar-refractivity contribution in [1.82, 2.24) is 10.2 Å². The molecule has 1 aromatic rings. The number of hydrogen-bond donors (Lipinski definition) is 2. The fraction of sp³-hybridized carbons (Fsp3) is 0.250. The standard InChI is InChI=1S/C8H9N3O3S/c12-7(4-15-5-8(13)14)10-6-2-1-3-9-11-6/h1-3H,4-5H2,(H,13,14)(H,10,11,12). The third kappa shape index (κ3) is 4.96. The summed E-state index contributed by atoms with van der Waals surface area (Å²) in [5.41, 5.74) is 0. The van der Waals surface area contributed by atoms with Crippen molar-refractivity contribution in [1.29, 1.82) is 0 Å². The average molecular weight is 227 g/mol. The van der Waals surface area contributed by atoms with E-state index in [1.54, 1.807) is 12.1 Å². The van der Waals surface area contributed by atoms with Gasteiger partial charge in [0.25, 0.3) is 0 Å². The SMILES string of the molecule is O=C(O)CSCC(=O)Nc1cccnn1. The molecule has 0 fully saturated rings.